The number of ether oxygens (including phenoxy) is 1. The number of thioether (sulfide) groups is 1. The molecule has 2 atom stereocenters. The monoisotopic (exact) mass is 426 g/mol. The van der Waals surface area contributed by atoms with Crippen LogP contribution in [0.15, 0.2) is 23.2 Å². The molecule has 2 aliphatic rings. The molecular weight excluding hydrogens is 404 g/mol. The van der Waals surface area contributed by atoms with Crippen LogP contribution < -0.4 is 9.64 Å². The van der Waals surface area contributed by atoms with Crippen molar-refractivity contribution in [2.24, 2.45) is 4.99 Å². The SMILES string of the molecule is COc1ccc(C)cc1N1C(=NC(=O)CCCC(=O)O)SC2CS(=O)(=O)CC21. The number of rotatable bonds is 6. The zero-order chi connectivity index (χ0) is 20.5. The van der Waals surface area contributed by atoms with Gasteiger partial charge in [-0.25, -0.2) is 8.42 Å². The minimum absolute atomic E-state index is 0.00596. The summed E-state index contributed by atoms with van der Waals surface area (Å²) in [5, 5.41) is 8.94. The Morgan fingerprint density at radius 1 is 1.32 bits per heavy atom. The molecule has 1 N–H and O–H groups in total. The second-order valence-electron chi connectivity index (χ2n) is 6.88. The molecule has 0 aromatic heterocycles. The van der Waals surface area contributed by atoms with Gasteiger partial charge in [0.05, 0.1) is 30.3 Å². The third-order valence-corrected chi connectivity index (χ3v) is 7.87. The first kappa shape index (κ1) is 20.7. The highest BCUT2D eigenvalue weighted by molar-refractivity contribution is 8.16. The number of aryl methyl sites for hydroxylation is 1. The number of carboxylic acids is 1. The molecule has 0 bridgehead atoms. The smallest absolute Gasteiger partial charge is 0.303 e. The molecular formula is C18H22N2O6S2. The molecule has 0 saturated carbocycles. The number of hydrogen-bond acceptors (Lipinski definition) is 6. The Morgan fingerprint density at radius 3 is 2.75 bits per heavy atom. The Hall–Kier alpha value is -2.07. The van der Waals surface area contributed by atoms with Crippen LogP contribution in [0.25, 0.3) is 0 Å². The van der Waals surface area contributed by atoms with Crippen LogP contribution >= 0.6 is 11.8 Å². The van der Waals surface area contributed by atoms with Crippen LogP contribution in [0.2, 0.25) is 0 Å². The zero-order valence-corrected chi connectivity index (χ0v) is 17.3. The summed E-state index contributed by atoms with van der Waals surface area (Å²) in [5.74, 6) is -0.764. The Kier molecular flexibility index (Phi) is 5.99. The van der Waals surface area contributed by atoms with E-state index in [0.29, 0.717) is 16.6 Å². The van der Waals surface area contributed by atoms with E-state index in [4.69, 9.17) is 9.84 Å². The molecule has 2 fully saturated rings. The van der Waals surface area contributed by atoms with Crippen molar-refractivity contribution in [3.05, 3.63) is 23.8 Å². The van der Waals surface area contributed by atoms with Crippen LogP contribution in [0.4, 0.5) is 5.69 Å². The lowest BCUT2D eigenvalue weighted by Crippen LogP contribution is -2.38. The molecule has 2 unspecified atom stereocenters. The first-order valence-electron chi connectivity index (χ1n) is 8.84. The molecule has 28 heavy (non-hydrogen) atoms. The number of benzene rings is 1. The van der Waals surface area contributed by atoms with Gasteiger partial charge in [0, 0.05) is 18.1 Å². The standard InChI is InChI=1S/C18H22N2O6S2/c1-11-6-7-14(26-2)12(8-11)20-13-9-28(24,25)10-15(13)27-18(20)19-16(21)4-3-5-17(22)23/h6-8,13,15H,3-5,9-10H2,1-2H3,(H,22,23). The minimum atomic E-state index is -3.16. The molecule has 0 radical (unpaired) electrons. The number of carbonyl (C=O) groups excluding carboxylic acids is 1. The summed E-state index contributed by atoms with van der Waals surface area (Å²) >= 11 is 1.28. The lowest BCUT2D eigenvalue weighted by Gasteiger charge is -2.26. The van der Waals surface area contributed by atoms with E-state index >= 15 is 0 Å². The Bertz CT molecular complexity index is 928. The molecule has 2 heterocycles. The van der Waals surface area contributed by atoms with Crippen LogP contribution in [0.1, 0.15) is 24.8 Å². The summed E-state index contributed by atoms with van der Waals surface area (Å²) < 4.78 is 29.7. The number of carbonyl (C=O) groups is 2. The lowest BCUT2D eigenvalue weighted by molar-refractivity contribution is -0.137. The first-order chi connectivity index (χ1) is 13.2. The number of aliphatic carboxylic acids is 1. The van der Waals surface area contributed by atoms with Crippen LogP contribution in [-0.4, -0.2) is 60.5 Å². The summed E-state index contributed by atoms with van der Waals surface area (Å²) in [4.78, 5) is 28.9. The van der Waals surface area contributed by atoms with Gasteiger partial charge in [-0.2, -0.15) is 4.99 Å². The van der Waals surface area contributed by atoms with E-state index in [0.717, 1.165) is 5.56 Å². The fourth-order valence-corrected chi connectivity index (χ4v) is 7.31. The van der Waals surface area contributed by atoms with Gasteiger partial charge in [-0.1, -0.05) is 17.8 Å². The van der Waals surface area contributed by atoms with E-state index in [1.807, 2.05) is 19.1 Å². The van der Waals surface area contributed by atoms with Crippen molar-refractivity contribution in [2.45, 2.75) is 37.5 Å². The predicted molar refractivity (Wildman–Crippen MR) is 108 cm³/mol. The van der Waals surface area contributed by atoms with Crippen molar-refractivity contribution in [1.29, 1.82) is 0 Å². The molecule has 0 spiro atoms. The van der Waals surface area contributed by atoms with Gasteiger partial charge in [0.15, 0.2) is 15.0 Å². The average molecular weight is 427 g/mol. The molecule has 3 rings (SSSR count). The predicted octanol–water partition coefficient (Wildman–Crippen LogP) is 1.86. The van der Waals surface area contributed by atoms with Crippen molar-refractivity contribution >= 4 is 44.3 Å². The second-order valence-corrected chi connectivity index (χ2v) is 10.2. The van der Waals surface area contributed by atoms with Crippen molar-refractivity contribution in [3.8, 4) is 5.75 Å². The highest BCUT2D eigenvalue weighted by Gasteiger charge is 2.50. The molecule has 2 aliphatic heterocycles. The summed E-state index contributed by atoms with van der Waals surface area (Å²) in [6.07, 6.45) is 0.149. The van der Waals surface area contributed by atoms with Gasteiger partial charge in [-0.3, -0.25) is 9.59 Å². The number of nitrogens with zero attached hydrogens (tertiary/aromatic N) is 2. The molecule has 8 nitrogen and oxygen atoms in total. The van der Waals surface area contributed by atoms with Crippen LogP contribution in [-0.2, 0) is 19.4 Å². The third-order valence-electron chi connectivity index (χ3n) is 4.66. The topological polar surface area (TPSA) is 113 Å². The van der Waals surface area contributed by atoms with E-state index in [1.165, 1.54) is 18.9 Å². The number of fused-ring (bicyclic) bond motifs is 1. The minimum Gasteiger partial charge on any atom is -0.495 e. The molecule has 152 valence electrons. The summed E-state index contributed by atoms with van der Waals surface area (Å²) in [6.45, 7) is 1.92. The number of carboxylic acid groups (broad SMARTS) is 1. The Balaban J connectivity index is 1.94. The molecule has 1 aromatic rings. The second kappa shape index (κ2) is 8.12. The van der Waals surface area contributed by atoms with Crippen molar-refractivity contribution in [2.75, 3.05) is 23.5 Å². The fraction of sp³-hybridized carbons (Fsp3) is 0.500. The van der Waals surface area contributed by atoms with Gasteiger partial charge in [-0.05, 0) is 31.0 Å². The number of amides is 1. The Morgan fingerprint density at radius 2 is 2.07 bits per heavy atom. The van der Waals surface area contributed by atoms with Crippen molar-refractivity contribution < 1.29 is 27.9 Å². The first-order valence-corrected chi connectivity index (χ1v) is 11.5. The van der Waals surface area contributed by atoms with Gasteiger partial charge in [0.2, 0.25) is 5.91 Å². The molecule has 1 amide bonds. The van der Waals surface area contributed by atoms with E-state index < -0.39 is 21.7 Å². The quantitative estimate of drug-likeness (QED) is 0.733. The van der Waals surface area contributed by atoms with Crippen LogP contribution in [0, 0.1) is 6.92 Å². The zero-order valence-electron chi connectivity index (χ0n) is 15.6. The highest BCUT2D eigenvalue weighted by Crippen LogP contribution is 2.44. The van der Waals surface area contributed by atoms with E-state index in [2.05, 4.69) is 4.99 Å². The highest BCUT2D eigenvalue weighted by atomic mass is 32.2. The largest absolute Gasteiger partial charge is 0.495 e. The van der Waals surface area contributed by atoms with E-state index in [1.54, 1.807) is 11.0 Å². The number of amidine groups is 1. The number of hydrogen-bond donors (Lipinski definition) is 1. The Labute approximate surface area is 167 Å². The van der Waals surface area contributed by atoms with Gasteiger partial charge in [0.1, 0.15) is 5.75 Å². The van der Waals surface area contributed by atoms with Gasteiger partial charge >= 0.3 is 5.97 Å². The normalized spacial score (nSPS) is 24.4. The number of anilines is 1. The average Bonchev–Trinajstić information content (AvgIpc) is 3.05. The van der Waals surface area contributed by atoms with Gasteiger partial charge in [-0.15, -0.1) is 0 Å². The number of aliphatic imine (C=N–C) groups is 1. The summed E-state index contributed by atoms with van der Waals surface area (Å²) in [7, 11) is -1.62. The maximum absolute atomic E-state index is 12.3. The number of methoxy groups -OCH3 is 1. The molecule has 2 saturated heterocycles. The van der Waals surface area contributed by atoms with E-state index in [9.17, 15) is 18.0 Å². The summed E-state index contributed by atoms with van der Waals surface area (Å²) in [6, 6.07) is 5.26. The maximum atomic E-state index is 12.3. The van der Waals surface area contributed by atoms with Gasteiger partial charge in [0.25, 0.3) is 0 Å². The van der Waals surface area contributed by atoms with E-state index in [-0.39, 0.29) is 42.1 Å². The van der Waals surface area contributed by atoms with Gasteiger partial charge < -0.3 is 14.7 Å². The fourth-order valence-electron chi connectivity index (χ4n) is 3.39. The third kappa shape index (κ3) is 4.49. The maximum Gasteiger partial charge on any atom is 0.303 e. The molecule has 10 heteroatoms. The summed E-state index contributed by atoms with van der Waals surface area (Å²) in [5.41, 5.74) is 1.65. The van der Waals surface area contributed by atoms with Crippen LogP contribution in [0.5, 0.6) is 5.75 Å². The van der Waals surface area contributed by atoms with Crippen molar-refractivity contribution in [3.63, 3.8) is 0 Å². The number of sulfone groups is 1. The van der Waals surface area contributed by atoms with Crippen LogP contribution in [0.3, 0.4) is 0 Å². The molecule has 1 aromatic carbocycles. The molecule has 0 aliphatic carbocycles. The lowest BCUT2D eigenvalue weighted by atomic mass is 10.1. The van der Waals surface area contributed by atoms with Crippen molar-refractivity contribution in [1.82, 2.24) is 0 Å².